The van der Waals surface area contributed by atoms with Gasteiger partial charge in [-0.2, -0.15) is 0 Å². The number of anilines is 1. The number of halogens is 2. The smallest absolute Gasteiger partial charge is 0.217 e. The molecule has 1 rings (SSSR count). The first-order chi connectivity index (χ1) is 9.17. The van der Waals surface area contributed by atoms with Gasteiger partial charge in [0.2, 0.25) is 5.91 Å². The zero-order valence-electron chi connectivity index (χ0n) is 10.9. The van der Waals surface area contributed by atoms with E-state index in [-0.39, 0.29) is 5.91 Å². The lowest BCUT2D eigenvalue weighted by Crippen LogP contribution is -2.27. The highest BCUT2D eigenvalue weighted by molar-refractivity contribution is 6.18. The van der Waals surface area contributed by atoms with Crippen molar-refractivity contribution in [3.05, 3.63) is 29.8 Å². The number of rotatable bonds is 9. The molecule has 0 fully saturated rings. The molecule has 0 heterocycles. The van der Waals surface area contributed by atoms with Crippen molar-refractivity contribution in [1.29, 1.82) is 0 Å². The van der Waals surface area contributed by atoms with Gasteiger partial charge >= 0.3 is 0 Å². The van der Waals surface area contributed by atoms with Gasteiger partial charge in [0.05, 0.1) is 0 Å². The van der Waals surface area contributed by atoms with Crippen molar-refractivity contribution in [2.24, 2.45) is 5.73 Å². The van der Waals surface area contributed by atoms with Gasteiger partial charge < -0.3 is 10.6 Å². The van der Waals surface area contributed by atoms with Gasteiger partial charge in [-0.3, -0.25) is 4.79 Å². The van der Waals surface area contributed by atoms with E-state index in [0.29, 0.717) is 18.2 Å². The van der Waals surface area contributed by atoms with E-state index in [1.165, 1.54) is 5.56 Å². The minimum Gasteiger partial charge on any atom is -0.370 e. The van der Waals surface area contributed by atoms with Crippen molar-refractivity contribution < 1.29 is 4.79 Å². The summed E-state index contributed by atoms with van der Waals surface area (Å²) in [6.07, 6.45) is 2.10. The summed E-state index contributed by atoms with van der Waals surface area (Å²) in [4.78, 5) is 12.8. The zero-order valence-corrected chi connectivity index (χ0v) is 12.5. The third-order valence-corrected chi connectivity index (χ3v) is 3.24. The number of hydrogen-bond acceptors (Lipinski definition) is 2. The molecule has 1 aromatic rings. The van der Waals surface area contributed by atoms with Crippen molar-refractivity contribution in [3.63, 3.8) is 0 Å². The molecule has 0 unspecified atom stereocenters. The van der Waals surface area contributed by atoms with Crippen LogP contribution in [0.5, 0.6) is 0 Å². The molecule has 2 N–H and O–H groups in total. The molecule has 5 heteroatoms. The molecule has 106 valence electrons. The van der Waals surface area contributed by atoms with Crippen molar-refractivity contribution in [2.45, 2.75) is 19.3 Å². The second-order valence-corrected chi connectivity index (χ2v) is 5.11. The fourth-order valence-corrected chi connectivity index (χ4v) is 2.32. The average Bonchev–Trinajstić information content (AvgIpc) is 2.39. The molecule has 1 amide bonds. The molecule has 0 aliphatic heterocycles. The maximum Gasteiger partial charge on any atom is 0.217 e. The van der Waals surface area contributed by atoms with Gasteiger partial charge in [-0.15, -0.1) is 23.2 Å². The Morgan fingerprint density at radius 3 is 2.16 bits per heavy atom. The topological polar surface area (TPSA) is 46.3 Å². The minimum atomic E-state index is -0.243. The Morgan fingerprint density at radius 1 is 1.11 bits per heavy atom. The third kappa shape index (κ3) is 6.17. The lowest BCUT2D eigenvalue weighted by Gasteiger charge is -2.23. The van der Waals surface area contributed by atoms with Crippen LogP contribution in [-0.4, -0.2) is 30.8 Å². The van der Waals surface area contributed by atoms with E-state index in [9.17, 15) is 4.79 Å². The van der Waals surface area contributed by atoms with E-state index in [1.54, 1.807) is 0 Å². The van der Waals surface area contributed by atoms with Crippen molar-refractivity contribution in [1.82, 2.24) is 0 Å². The Kier molecular flexibility index (Phi) is 7.68. The van der Waals surface area contributed by atoms with E-state index in [1.807, 2.05) is 0 Å². The molecule has 1 aromatic carbocycles. The Balaban J connectivity index is 2.55. The summed E-state index contributed by atoms with van der Waals surface area (Å²) >= 11 is 11.6. The molecule has 0 aromatic heterocycles. The van der Waals surface area contributed by atoms with Crippen LogP contribution in [-0.2, 0) is 11.2 Å². The molecule has 0 radical (unpaired) electrons. The summed E-state index contributed by atoms with van der Waals surface area (Å²) in [5.74, 6) is 0.918. The number of amides is 1. The molecule has 0 bridgehead atoms. The summed E-state index contributed by atoms with van der Waals surface area (Å²) in [6.45, 7) is 1.57. The number of alkyl halides is 2. The van der Waals surface area contributed by atoms with Crippen LogP contribution in [0.2, 0.25) is 0 Å². The van der Waals surface area contributed by atoms with Crippen LogP contribution in [0.1, 0.15) is 18.4 Å². The normalized spacial score (nSPS) is 10.4. The molecule has 0 aliphatic carbocycles. The first-order valence-electron chi connectivity index (χ1n) is 6.41. The number of carbonyl (C=O) groups is 1. The molecule has 3 nitrogen and oxygen atoms in total. The van der Waals surface area contributed by atoms with Gasteiger partial charge in [-0.25, -0.2) is 0 Å². The molecular weight excluding hydrogens is 283 g/mol. The van der Waals surface area contributed by atoms with Crippen LogP contribution >= 0.6 is 23.2 Å². The Labute approximate surface area is 124 Å². The van der Waals surface area contributed by atoms with Crippen molar-refractivity contribution >= 4 is 34.8 Å². The fourth-order valence-electron chi connectivity index (χ4n) is 1.91. The Bertz CT molecular complexity index is 376. The van der Waals surface area contributed by atoms with Gasteiger partial charge in [-0.1, -0.05) is 12.1 Å². The molecule has 0 spiro atoms. The Morgan fingerprint density at radius 2 is 1.68 bits per heavy atom. The molecule has 0 aliphatic rings. The molecule has 19 heavy (non-hydrogen) atoms. The first kappa shape index (κ1) is 16.1. The lowest BCUT2D eigenvalue weighted by molar-refractivity contribution is -0.118. The monoisotopic (exact) mass is 302 g/mol. The van der Waals surface area contributed by atoms with Crippen LogP contribution in [0.15, 0.2) is 24.3 Å². The number of nitrogens with two attached hydrogens (primary N) is 1. The number of carbonyl (C=O) groups excluding carboxylic acids is 1. The van der Waals surface area contributed by atoms with E-state index in [4.69, 9.17) is 28.9 Å². The zero-order chi connectivity index (χ0) is 14.1. The quantitative estimate of drug-likeness (QED) is 0.713. The lowest BCUT2D eigenvalue weighted by atomic mass is 10.1. The van der Waals surface area contributed by atoms with Crippen LogP contribution in [0.25, 0.3) is 0 Å². The highest BCUT2D eigenvalue weighted by atomic mass is 35.5. The van der Waals surface area contributed by atoms with Crippen molar-refractivity contribution in [3.8, 4) is 0 Å². The molecule has 0 saturated heterocycles. The molecular formula is C14H20Cl2N2O. The predicted octanol–water partition coefficient (Wildman–Crippen LogP) is 2.78. The van der Waals surface area contributed by atoms with Gasteiger partial charge in [-0.05, 0) is 30.5 Å². The van der Waals surface area contributed by atoms with E-state index in [0.717, 1.165) is 31.6 Å². The second-order valence-electron chi connectivity index (χ2n) is 4.35. The summed E-state index contributed by atoms with van der Waals surface area (Å²) < 4.78 is 0. The van der Waals surface area contributed by atoms with Crippen LogP contribution in [0.4, 0.5) is 5.69 Å². The van der Waals surface area contributed by atoms with Gasteiger partial charge in [0.15, 0.2) is 0 Å². The van der Waals surface area contributed by atoms with Crippen LogP contribution in [0, 0.1) is 0 Å². The number of hydrogen-bond donors (Lipinski definition) is 1. The van der Waals surface area contributed by atoms with Crippen molar-refractivity contribution in [2.75, 3.05) is 29.7 Å². The third-order valence-electron chi connectivity index (χ3n) is 2.90. The minimum absolute atomic E-state index is 0.243. The van der Waals surface area contributed by atoms with Crippen LogP contribution < -0.4 is 10.6 Å². The van der Waals surface area contributed by atoms with Crippen LogP contribution in [0.3, 0.4) is 0 Å². The van der Waals surface area contributed by atoms with E-state index >= 15 is 0 Å². The largest absolute Gasteiger partial charge is 0.370 e. The van der Waals surface area contributed by atoms with E-state index < -0.39 is 0 Å². The number of aryl methyl sites for hydroxylation is 1. The maximum absolute atomic E-state index is 10.7. The highest BCUT2D eigenvalue weighted by Gasteiger charge is 2.05. The number of nitrogens with zero attached hydrogens (tertiary/aromatic N) is 1. The van der Waals surface area contributed by atoms with E-state index in [2.05, 4.69) is 29.2 Å². The first-order valence-corrected chi connectivity index (χ1v) is 7.48. The maximum atomic E-state index is 10.7. The summed E-state index contributed by atoms with van der Waals surface area (Å²) in [6, 6.07) is 8.29. The SMILES string of the molecule is NC(=O)CCCc1ccc(N(CCCl)CCCl)cc1. The molecule has 0 saturated carbocycles. The second kappa shape index (κ2) is 9.05. The van der Waals surface area contributed by atoms with Gasteiger partial charge in [0.1, 0.15) is 0 Å². The summed E-state index contributed by atoms with van der Waals surface area (Å²) in [5.41, 5.74) is 7.45. The molecule has 0 atom stereocenters. The average molecular weight is 303 g/mol. The Hall–Kier alpha value is -0.930. The fraction of sp³-hybridized carbons (Fsp3) is 0.500. The number of benzene rings is 1. The number of primary amides is 1. The predicted molar refractivity (Wildman–Crippen MR) is 82.2 cm³/mol. The standard InChI is InChI=1S/C14H20Cl2N2O/c15-8-10-18(11-9-16)13-6-4-12(5-7-13)2-1-3-14(17)19/h4-7H,1-3,8-11H2,(H2,17,19). The summed E-state index contributed by atoms with van der Waals surface area (Å²) in [5, 5.41) is 0. The van der Waals surface area contributed by atoms with Gasteiger partial charge in [0, 0.05) is 37.0 Å². The summed E-state index contributed by atoms with van der Waals surface area (Å²) in [7, 11) is 0. The highest BCUT2D eigenvalue weighted by Crippen LogP contribution is 2.16. The van der Waals surface area contributed by atoms with Gasteiger partial charge in [0.25, 0.3) is 0 Å².